The number of esters is 2. The number of hydrogen-bond acceptors (Lipinski definition) is 8. The highest BCUT2D eigenvalue weighted by molar-refractivity contribution is 7.45. The van der Waals surface area contributed by atoms with E-state index in [0.29, 0.717) is 17.4 Å². The van der Waals surface area contributed by atoms with Crippen molar-refractivity contribution in [3.63, 3.8) is 0 Å². The van der Waals surface area contributed by atoms with Gasteiger partial charge in [0.2, 0.25) is 0 Å². The largest absolute Gasteiger partial charge is 0.756 e. The van der Waals surface area contributed by atoms with Crippen LogP contribution in [0.15, 0.2) is 122 Å². The lowest BCUT2D eigenvalue weighted by molar-refractivity contribution is -0.870. The molecule has 0 amide bonds. The fraction of sp³-hybridized carbons (Fsp3) is 0.686. The molecule has 0 aromatic heterocycles. The van der Waals surface area contributed by atoms with Crippen molar-refractivity contribution in [3.8, 4) is 0 Å². The van der Waals surface area contributed by atoms with Gasteiger partial charge in [-0.25, -0.2) is 0 Å². The van der Waals surface area contributed by atoms with Crippen molar-refractivity contribution in [1.82, 2.24) is 0 Å². The van der Waals surface area contributed by atoms with Crippen molar-refractivity contribution in [2.75, 3.05) is 47.5 Å². The first kappa shape index (κ1) is 76.4. The number of hydrogen-bond donors (Lipinski definition) is 0. The van der Waals surface area contributed by atoms with Crippen LogP contribution in [0.4, 0.5) is 0 Å². The fourth-order valence-corrected chi connectivity index (χ4v) is 9.25. The SMILES string of the molecule is CC/C=C\C/C=C\C/C=C\C/C=C\C/C=C\C/C=C\C/C=C\C/C=C\CCCCCCCCCCCCCCC(=O)OC(COC(=O)CCCCCCCCCCC/C=C\C/C=C\CCCCC)COP(=O)([O-])OCC[N+](C)(C)C. The molecule has 0 N–H and O–H groups in total. The van der Waals surface area contributed by atoms with Gasteiger partial charge in [-0.2, -0.15) is 0 Å². The monoisotopic (exact) mass is 1130 g/mol. The maximum atomic E-state index is 12.8. The third kappa shape index (κ3) is 63.6. The molecule has 0 rings (SSSR count). The number of carbonyl (C=O) groups excluding carboxylic acids is 2. The molecule has 0 fully saturated rings. The first-order valence-electron chi connectivity index (χ1n) is 32.2. The molecule has 0 aromatic rings. The van der Waals surface area contributed by atoms with E-state index in [1.807, 2.05) is 21.1 Å². The van der Waals surface area contributed by atoms with Gasteiger partial charge < -0.3 is 27.9 Å². The van der Waals surface area contributed by atoms with Crippen molar-refractivity contribution < 1.29 is 42.1 Å². The van der Waals surface area contributed by atoms with Crippen molar-refractivity contribution in [2.24, 2.45) is 0 Å². The highest BCUT2D eigenvalue weighted by Gasteiger charge is 2.22. The smallest absolute Gasteiger partial charge is 0.306 e. The van der Waals surface area contributed by atoms with Gasteiger partial charge in [-0.15, -0.1) is 0 Å². The minimum atomic E-state index is -4.65. The van der Waals surface area contributed by atoms with Gasteiger partial charge in [0.15, 0.2) is 6.10 Å². The molecule has 0 aliphatic carbocycles. The number of phosphoric acid groups is 1. The van der Waals surface area contributed by atoms with Gasteiger partial charge in [0.25, 0.3) is 7.82 Å². The second-order valence-corrected chi connectivity index (χ2v) is 23.8. The van der Waals surface area contributed by atoms with Gasteiger partial charge in [0, 0.05) is 12.8 Å². The lowest BCUT2D eigenvalue weighted by atomic mass is 10.0. The molecule has 0 bridgehead atoms. The number of unbranched alkanes of at least 4 members (excludes halogenated alkanes) is 24. The molecule has 10 heteroatoms. The summed E-state index contributed by atoms with van der Waals surface area (Å²) >= 11 is 0. The maximum absolute atomic E-state index is 12.8. The van der Waals surface area contributed by atoms with E-state index in [-0.39, 0.29) is 32.0 Å². The van der Waals surface area contributed by atoms with Gasteiger partial charge in [-0.3, -0.25) is 14.2 Å². The Morgan fingerprint density at radius 1 is 0.400 bits per heavy atom. The van der Waals surface area contributed by atoms with Gasteiger partial charge in [0.1, 0.15) is 19.8 Å². The third-order valence-electron chi connectivity index (χ3n) is 13.5. The predicted molar refractivity (Wildman–Crippen MR) is 341 cm³/mol. The highest BCUT2D eigenvalue weighted by Crippen LogP contribution is 2.38. The summed E-state index contributed by atoms with van der Waals surface area (Å²) in [6, 6.07) is 0. The van der Waals surface area contributed by atoms with Crippen molar-refractivity contribution in [3.05, 3.63) is 122 Å². The molecule has 458 valence electrons. The number of quaternary nitrogens is 1. The summed E-state index contributed by atoms with van der Waals surface area (Å²) in [6.07, 6.45) is 85.4. The minimum absolute atomic E-state index is 0.0366. The first-order chi connectivity index (χ1) is 39.0. The summed E-state index contributed by atoms with van der Waals surface area (Å²) in [5, 5.41) is 0. The highest BCUT2D eigenvalue weighted by atomic mass is 31.2. The van der Waals surface area contributed by atoms with Gasteiger partial charge in [-0.05, 0) is 109 Å². The quantitative estimate of drug-likeness (QED) is 0.0195. The lowest BCUT2D eigenvalue weighted by Crippen LogP contribution is -2.37. The van der Waals surface area contributed by atoms with Crippen LogP contribution in [0.3, 0.4) is 0 Å². The molecule has 0 radical (unpaired) electrons. The molecule has 0 spiro atoms. The minimum Gasteiger partial charge on any atom is -0.756 e. The topological polar surface area (TPSA) is 111 Å². The van der Waals surface area contributed by atoms with Crippen LogP contribution in [0, 0.1) is 0 Å². The van der Waals surface area contributed by atoms with Crippen LogP contribution < -0.4 is 4.89 Å². The fourth-order valence-electron chi connectivity index (χ4n) is 8.53. The number of phosphoric ester groups is 1. The molecule has 0 saturated heterocycles. The molecule has 0 aliphatic rings. The number of nitrogens with zero attached hydrogens (tertiary/aromatic N) is 1. The summed E-state index contributed by atoms with van der Waals surface area (Å²) in [6.45, 7) is 4.10. The van der Waals surface area contributed by atoms with E-state index in [2.05, 4.69) is 135 Å². The lowest BCUT2D eigenvalue weighted by Gasteiger charge is -2.28. The number of carbonyl (C=O) groups is 2. The van der Waals surface area contributed by atoms with Crippen LogP contribution in [-0.4, -0.2) is 70.0 Å². The van der Waals surface area contributed by atoms with E-state index >= 15 is 0 Å². The first-order valence-corrected chi connectivity index (χ1v) is 33.7. The zero-order valence-electron chi connectivity index (χ0n) is 52.0. The Kier molecular flexibility index (Phi) is 57.3. The molecule has 0 heterocycles. The molecular weight excluding hydrogens is 1010 g/mol. The maximum Gasteiger partial charge on any atom is 0.306 e. The van der Waals surface area contributed by atoms with Gasteiger partial charge in [-0.1, -0.05) is 257 Å². The summed E-state index contributed by atoms with van der Waals surface area (Å²) in [5.74, 6) is -0.842. The zero-order chi connectivity index (χ0) is 58.4. The van der Waals surface area contributed by atoms with E-state index < -0.39 is 26.5 Å². The second kappa shape index (κ2) is 60.0. The van der Waals surface area contributed by atoms with Crippen molar-refractivity contribution >= 4 is 19.8 Å². The summed E-state index contributed by atoms with van der Waals surface area (Å²) in [5.41, 5.74) is 0. The van der Waals surface area contributed by atoms with Gasteiger partial charge >= 0.3 is 11.9 Å². The molecule has 0 aliphatic heterocycles. The average molecular weight is 1130 g/mol. The molecule has 9 nitrogen and oxygen atoms in total. The normalized spacial score (nSPS) is 14.0. The van der Waals surface area contributed by atoms with Crippen LogP contribution in [-0.2, 0) is 32.7 Å². The number of allylic oxidation sites excluding steroid dienone is 20. The summed E-state index contributed by atoms with van der Waals surface area (Å²) in [4.78, 5) is 38.0. The van der Waals surface area contributed by atoms with Crippen molar-refractivity contribution in [2.45, 2.75) is 264 Å². The predicted octanol–water partition coefficient (Wildman–Crippen LogP) is 20.1. The Hall–Kier alpha value is -3.59. The average Bonchev–Trinajstić information content (AvgIpc) is 3.42. The Balaban J connectivity index is 4.10. The van der Waals surface area contributed by atoms with E-state index in [1.165, 1.54) is 116 Å². The molecular formula is C70H120NO8P. The molecule has 2 atom stereocenters. The second-order valence-electron chi connectivity index (χ2n) is 22.4. The van der Waals surface area contributed by atoms with E-state index in [4.69, 9.17) is 18.5 Å². The van der Waals surface area contributed by atoms with E-state index in [9.17, 15) is 19.0 Å². The molecule has 0 saturated carbocycles. The Morgan fingerprint density at radius 3 is 1.06 bits per heavy atom. The number of rotatable bonds is 58. The van der Waals surface area contributed by atoms with Crippen LogP contribution >= 0.6 is 7.82 Å². The van der Waals surface area contributed by atoms with Crippen molar-refractivity contribution in [1.29, 1.82) is 0 Å². The van der Waals surface area contributed by atoms with Crippen LogP contribution in [0.1, 0.15) is 258 Å². The van der Waals surface area contributed by atoms with E-state index in [0.717, 1.165) is 109 Å². The Labute approximate surface area is 492 Å². The standard InChI is InChI=1S/C70H120NO8P/c1-6-8-10-12-14-16-18-20-22-24-26-27-28-29-30-31-32-33-34-35-36-37-38-39-40-41-42-43-45-47-49-51-53-55-57-59-61-63-70(73)79-68(67-78-80(74,75)77-65-64-71(3,4)5)66-76-69(72)62-60-58-56-54-52-50-48-46-44-25-23-21-19-17-15-13-11-9-7-2/h8,10,14-17,20-23,26-27,29-30,32-33,35-36,38-39,68H,6-7,9,11-13,18-19,24-25,28,31,34,37,40-67H2,1-5H3/b10-8-,16-14-,17-15-,22-20-,23-21-,27-26-,30-29-,33-32-,36-35-,39-38-. The Bertz CT molecular complexity index is 1760. The molecule has 80 heavy (non-hydrogen) atoms. The molecule has 2 unspecified atom stereocenters. The number of likely N-dealkylation sites (N-methyl/N-ethyl adjacent to an activating group) is 1. The van der Waals surface area contributed by atoms with E-state index in [1.54, 1.807) is 0 Å². The Morgan fingerprint density at radius 2 is 0.713 bits per heavy atom. The summed E-state index contributed by atoms with van der Waals surface area (Å²) < 4.78 is 34.2. The molecule has 0 aromatic carbocycles. The van der Waals surface area contributed by atoms with Crippen LogP contribution in [0.25, 0.3) is 0 Å². The third-order valence-corrected chi connectivity index (χ3v) is 14.4. The number of ether oxygens (including phenoxy) is 2. The van der Waals surface area contributed by atoms with Crippen LogP contribution in [0.5, 0.6) is 0 Å². The zero-order valence-corrected chi connectivity index (χ0v) is 52.9. The van der Waals surface area contributed by atoms with Gasteiger partial charge in [0.05, 0.1) is 27.7 Å². The van der Waals surface area contributed by atoms with Crippen LogP contribution in [0.2, 0.25) is 0 Å². The summed E-state index contributed by atoms with van der Waals surface area (Å²) in [7, 11) is 1.15.